The zero-order valence-corrected chi connectivity index (χ0v) is 13.7. The summed E-state index contributed by atoms with van der Waals surface area (Å²) in [5.74, 6) is 0.197. The summed E-state index contributed by atoms with van der Waals surface area (Å²) in [7, 11) is 3.15. The van der Waals surface area contributed by atoms with E-state index in [-0.39, 0.29) is 0 Å². The van der Waals surface area contributed by atoms with Crippen LogP contribution in [0.1, 0.15) is 23.4 Å². The van der Waals surface area contributed by atoms with Crippen LogP contribution in [0, 0.1) is 0 Å². The molecule has 124 valence electrons. The number of alkyl halides is 2. The Kier molecular flexibility index (Phi) is 6.05. The Morgan fingerprint density at radius 2 is 2.13 bits per heavy atom. The van der Waals surface area contributed by atoms with Crippen molar-refractivity contribution in [2.75, 3.05) is 20.5 Å². The predicted molar refractivity (Wildman–Crippen MR) is 83.5 cm³/mol. The van der Waals surface area contributed by atoms with Gasteiger partial charge in [0.2, 0.25) is 11.0 Å². The van der Waals surface area contributed by atoms with Crippen LogP contribution in [0.3, 0.4) is 0 Å². The number of halogens is 2. The molecule has 9 heteroatoms. The second-order valence-electron chi connectivity index (χ2n) is 4.41. The minimum Gasteiger partial charge on any atom is -0.496 e. The average Bonchev–Trinajstić information content (AvgIpc) is 2.96. The Morgan fingerprint density at radius 1 is 1.35 bits per heavy atom. The first kappa shape index (κ1) is 17.4. The van der Waals surface area contributed by atoms with Crippen molar-refractivity contribution < 1.29 is 18.3 Å². The largest absolute Gasteiger partial charge is 0.496 e. The van der Waals surface area contributed by atoms with Gasteiger partial charge in [-0.15, -0.1) is 10.2 Å². The van der Waals surface area contributed by atoms with Crippen molar-refractivity contribution in [1.82, 2.24) is 14.9 Å². The topological polar surface area (TPSA) is 61.5 Å². The summed E-state index contributed by atoms with van der Waals surface area (Å²) < 4.78 is 37.2. The maximum Gasteiger partial charge on any atom is 0.299 e. The van der Waals surface area contributed by atoms with Crippen molar-refractivity contribution in [2.45, 2.75) is 18.2 Å². The molecule has 1 aromatic carbocycles. The van der Waals surface area contributed by atoms with Gasteiger partial charge in [0.25, 0.3) is 6.43 Å². The van der Waals surface area contributed by atoms with E-state index in [0.717, 1.165) is 15.8 Å². The van der Waals surface area contributed by atoms with Gasteiger partial charge in [0, 0.05) is 12.7 Å². The fourth-order valence-electron chi connectivity index (χ4n) is 1.92. The van der Waals surface area contributed by atoms with E-state index in [1.54, 1.807) is 32.6 Å². The molecule has 0 saturated heterocycles. The Bertz CT molecular complexity index is 691. The van der Waals surface area contributed by atoms with Gasteiger partial charge in [0.1, 0.15) is 5.75 Å². The van der Waals surface area contributed by atoms with Gasteiger partial charge in [0.05, 0.1) is 19.9 Å². The summed E-state index contributed by atoms with van der Waals surface area (Å²) in [5.41, 5.74) is 1.56. The third-order valence-electron chi connectivity index (χ3n) is 2.94. The van der Waals surface area contributed by atoms with Crippen LogP contribution in [0.5, 0.6) is 5.75 Å². The highest BCUT2D eigenvalue weighted by Crippen LogP contribution is 2.22. The highest BCUT2D eigenvalue weighted by Gasteiger charge is 2.19. The molecule has 2 rings (SSSR count). The van der Waals surface area contributed by atoms with Crippen LogP contribution in [-0.4, -0.2) is 41.6 Å². The molecule has 0 amide bonds. The maximum absolute atomic E-state index is 12.9. The van der Waals surface area contributed by atoms with E-state index in [2.05, 4.69) is 15.3 Å². The number of nitrogens with zero attached hydrogens (tertiary/aromatic N) is 4. The Labute approximate surface area is 136 Å². The van der Waals surface area contributed by atoms with Gasteiger partial charge >= 0.3 is 0 Å². The molecule has 0 unspecified atom stereocenters. The van der Waals surface area contributed by atoms with Gasteiger partial charge < -0.3 is 9.47 Å². The number of benzene rings is 1. The number of ether oxygens (including phenoxy) is 2. The van der Waals surface area contributed by atoms with Crippen molar-refractivity contribution in [3.8, 4) is 5.75 Å². The lowest BCUT2D eigenvalue weighted by atomic mass is 10.1. The molecular weight excluding hydrogens is 326 g/mol. The van der Waals surface area contributed by atoms with Crippen LogP contribution in [-0.2, 0) is 11.3 Å². The van der Waals surface area contributed by atoms with Gasteiger partial charge in [0.15, 0.2) is 0 Å². The summed E-state index contributed by atoms with van der Waals surface area (Å²) in [5, 5.41) is 11.5. The van der Waals surface area contributed by atoms with Gasteiger partial charge in [-0.25, -0.2) is 8.78 Å². The van der Waals surface area contributed by atoms with Crippen LogP contribution in [0.25, 0.3) is 0 Å². The quantitative estimate of drug-likeness (QED) is 0.572. The monoisotopic (exact) mass is 342 g/mol. The Balaban J connectivity index is 2.33. The van der Waals surface area contributed by atoms with E-state index >= 15 is 0 Å². The Hall–Kier alpha value is -2.00. The van der Waals surface area contributed by atoms with E-state index in [1.165, 1.54) is 18.0 Å². The van der Waals surface area contributed by atoms with Crippen molar-refractivity contribution in [1.29, 1.82) is 0 Å². The maximum atomic E-state index is 12.9. The van der Waals surface area contributed by atoms with E-state index in [4.69, 9.17) is 9.47 Å². The van der Waals surface area contributed by atoms with E-state index in [0.29, 0.717) is 17.5 Å². The smallest absolute Gasteiger partial charge is 0.299 e. The number of aromatic nitrogens is 3. The molecule has 1 heterocycles. The van der Waals surface area contributed by atoms with E-state index < -0.39 is 12.2 Å². The van der Waals surface area contributed by atoms with Crippen LogP contribution in [0.15, 0.2) is 28.5 Å². The van der Waals surface area contributed by atoms with E-state index in [9.17, 15) is 8.78 Å². The minimum atomic E-state index is -2.75. The average molecular weight is 342 g/mol. The fraction of sp³-hybridized carbons (Fsp3) is 0.357. The highest BCUT2D eigenvalue weighted by molar-refractivity contribution is 7.98. The molecule has 0 spiro atoms. The zero-order chi connectivity index (χ0) is 16.8. The van der Waals surface area contributed by atoms with Crippen LogP contribution in [0.4, 0.5) is 8.78 Å². The van der Waals surface area contributed by atoms with Gasteiger partial charge in [-0.1, -0.05) is 11.8 Å². The number of thioether (sulfide) groups is 1. The molecule has 0 fully saturated rings. The van der Waals surface area contributed by atoms with Gasteiger partial charge in [-0.05, 0) is 30.0 Å². The highest BCUT2D eigenvalue weighted by atomic mass is 32.2. The first-order valence-corrected chi connectivity index (χ1v) is 7.80. The normalized spacial score (nSPS) is 11.6. The Morgan fingerprint density at radius 3 is 2.74 bits per heavy atom. The third-order valence-corrected chi connectivity index (χ3v) is 3.56. The molecular formula is C14H16F2N4O2S. The van der Waals surface area contributed by atoms with Crippen molar-refractivity contribution in [3.63, 3.8) is 0 Å². The number of rotatable bonds is 7. The standard InChI is InChI=1S/C14H16F2N4O2S/c1-21-8-10-6-9(4-5-11(10)22-2)7-17-20-13(12(15)16)18-19-14(20)23-3/h4-7,12H,8H2,1-3H3/b17-7+. The third kappa shape index (κ3) is 4.05. The van der Waals surface area contributed by atoms with Crippen molar-refractivity contribution in [3.05, 3.63) is 35.2 Å². The van der Waals surface area contributed by atoms with Crippen LogP contribution >= 0.6 is 11.8 Å². The molecule has 0 aliphatic carbocycles. The van der Waals surface area contributed by atoms with Gasteiger partial charge in [-0.3, -0.25) is 0 Å². The second kappa shape index (κ2) is 8.02. The summed E-state index contributed by atoms with van der Waals surface area (Å²) in [6, 6.07) is 5.36. The number of methoxy groups -OCH3 is 2. The predicted octanol–water partition coefficient (Wildman–Crippen LogP) is 2.97. The fourth-order valence-corrected chi connectivity index (χ4v) is 2.36. The van der Waals surface area contributed by atoms with Crippen LogP contribution in [0.2, 0.25) is 0 Å². The van der Waals surface area contributed by atoms with Crippen LogP contribution < -0.4 is 4.74 Å². The summed E-state index contributed by atoms with van der Waals surface area (Å²) in [4.78, 5) is 0. The molecule has 0 atom stereocenters. The second-order valence-corrected chi connectivity index (χ2v) is 5.18. The molecule has 2 aromatic rings. The molecule has 0 aliphatic heterocycles. The lowest BCUT2D eigenvalue weighted by Gasteiger charge is -2.08. The lowest BCUT2D eigenvalue weighted by molar-refractivity contribution is 0.135. The van der Waals surface area contributed by atoms with Crippen molar-refractivity contribution in [2.24, 2.45) is 5.10 Å². The lowest BCUT2D eigenvalue weighted by Crippen LogP contribution is -2.01. The van der Waals surface area contributed by atoms with Gasteiger partial charge in [-0.2, -0.15) is 9.78 Å². The molecule has 0 N–H and O–H groups in total. The van der Waals surface area contributed by atoms with E-state index in [1.807, 2.05) is 6.07 Å². The summed E-state index contributed by atoms with van der Waals surface area (Å²) in [6.45, 7) is 0.371. The molecule has 6 nitrogen and oxygen atoms in total. The number of hydrogen-bond donors (Lipinski definition) is 0. The number of hydrogen-bond acceptors (Lipinski definition) is 6. The first-order chi connectivity index (χ1) is 11.1. The molecule has 1 aromatic heterocycles. The minimum absolute atomic E-state index is 0.294. The summed E-state index contributed by atoms with van der Waals surface area (Å²) in [6.07, 6.45) is 0.434. The molecule has 0 radical (unpaired) electrons. The molecule has 0 aliphatic rings. The summed E-state index contributed by atoms with van der Waals surface area (Å²) >= 11 is 1.19. The first-order valence-electron chi connectivity index (χ1n) is 6.58. The molecule has 0 saturated carbocycles. The SMILES string of the molecule is COCc1cc(/C=N/n2c(SC)nnc2C(F)F)ccc1OC. The van der Waals surface area contributed by atoms with Crippen molar-refractivity contribution >= 4 is 18.0 Å². The molecule has 23 heavy (non-hydrogen) atoms. The zero-order valence-electron chi connectivity index (χ0n) is 12.9. The molecule has 0 bridgehead atoms.